The van der Waals surface area contributed by atoms with Gasteiger partial charge in [-0.3, -0.25) is 0 Å². The molecule has 0 fully saturated rings. The van der Waals surface area contributed by atoms with E-state index < -0.39 is 40.4 Å². The smallest absolute Gasteiger partial charge is 0.338 e. The molecule has 2 rings (SSSR count). The van der Waals surface area contributed by atoms with Crippen LogP contribution in [0.3, 0.4) is 0 Å². The second kappa shape index (κ2) is 4.72. The quantitative estimate of drug-likeness (QED) is 0.846. The summed E-state index contributed by atoms with van der Waals surface area (Å²) in [7, 11) is 0. The van der Waals surface area contributed by atoms with Crippen LogP contribution in [0.4, 0.5) is 17.6 Å². The van der Waals surface area contributed by atoms with E-state index in [1.807, 2.05) is 0 Å². The van der Waals surface area contributed by atoms with Crippen LogP contribution >= 0.6 is 0 Å². The third-order valence-electron chi connectivity index (χ3n) is 2.46. The lowest BCUT2D eigenvalue weighted by atomic mass is 10.0. The number of hydrogen-bond donors (Lipinski definition) is 1. The van der Waals surface area contributed by atoms with Gasteiger partial charge in [0.05, 0.1) is 5.56 Å². The van der Waals surface area contributed by atoms with Crippen molar-refractivity contribution in [3.8, 4) is 11.1 Å². The average Bonchev–Trinajstić information content (AvgIpc) is 2.30. The Morgan fingerprint density at radius 3 is 1.95 bits per heavy atom. The standard InChI is InChI=1S/C13H6F4O2/c14-7-1-6(2-8(15)3-7)9-4-12(17)10(13(18)19)5-11(9)16/h1-5H,(H,18,19). The second-order valence-electron chi connectivity index (χ2n) is 3.78. The van der Waals surface area contributed by atoms with Crippen LogP contribution in [0.15, 0.2) is 30.3 Å². The van der Waals surface area contributed by atoms with Gasteiger partial charge in [-0.05, 0) is 29.8 Å². The first-order chi connectivity index (χ1) is 8.88. The number of hydrogen-bond acceptors (Lipinski definition) is 1. The molecule has 19 heavy (non-hydrogen) atoms. The molecular weight excluding hydrogens is 264 g/mol. The molecule has 6 heteroatoms. The Morgan fingerprint density at radius 1 is 0.842 bits per heavy atom. The summed E-state index contributed by atoms with van der Waals surface area (Å²) in [5, 5.41) is 8.61. The number of halogens is 4. The summed E-state index contributed by atoms with van der Waals surface area (Å²) in [6.07, 6.45) is 0. The average molecular weight is 270 g/mol. The zero-order chi connectivity index (χ0) is 14.2. The molecule has 0 unspecified atom stereocenters. The molecule has 0 aliphatic carbocycles. The largest absolute Gasteiger partial charge is 0.478 e. The van der Waals surface area contributed by atoms with Gasteiger partial charge in [-0.25, -0.2) is 22.4 Å². The van der Waals surface area contributed by atoms with Crippen molar-refractivity contribution in [1.82, 2.24) is 0 Å². The Hall–Kier alpha value is -2.37. The molecule has 0 aromatic heterocycles. The summed E-state index contributed by atoms with van der Waals surface area (Å²) in [6, 6.07) is 3.29. The zero-order valence-corrected chi connectivity index (χ0v) is 9.25. The van der Waals surface area contributed by atoms with Gasteiger partial charge in [0.25, 0.3) is 0 Å². The highest BCUT2D eigenvalue weighted by molar-refractivity contribution is 5.88. The van der Waals surface area contributed by atoms with Gasteiger partial charge in [-0.1, -0.05) is 0 Å². The third-order valence-corrected chi connectivity index (χ3v) is 2.46. The van der Waals surface area contributed by atoms with E-state index in [2.05, 4.69) is 0 Å². The van der Waals surface area contributed by atoms with E-state index in [0.717, 1.165) is 12.1 Å². The van der Waals surface area contributed by atoms with Crippen LogP contribution in [0.1, 0.15) is 10.4 Å². The fourth-order valence-corrected chi connectivity index (χ4v) is 1.64. The number of carboxylic acids is 1. The maximum absolute atomic E-state index is 13.7. The Labute approximate surface area is 104 Å². The normalized spacial score (nSPS) is 10.5. The van der Waals surface area contributed by atoms with Crippen LogP contribution in [0.5, 0.6) is 0 Å². The third kappa shape index (κ3) is 2.57. The molecule has 0 heterocycles. The van der Waals surface area contributed by atoms with Crippen molar-refractivity contribution in [2.45, 2.75) is 0 Å². The summed E-state index contributed by atoms with van der Waals surface area (Å²) >= 11 is 0. The monoisotopic (exact) mass is 270 g/mol. The van der Waals surface area contributed by atoms with Crippen molar-refractivity contribution in [2.75, 3.05) is 0 Å². The highest BCUT2D eigenvalue weighted by Gasteiger charge is 2.17. The first-order valence-electron chi connectivity index (χ1n) is 5.07. The van der Waals surface area contributed by atoms with E-state index in [9.17, 15) is 22.4 Å². The van der Waals surface area contributed by atoms with Gasteiger partial charge in [0.1, 0.15) is 23.3 Å². The van der Waals surface area contributed by atoms with E-state index in [-0.39, 0.29) is 5.56 Å². The topological polar surface area (TPSA) is 37.3 Å². The molecule has 98 valence electrons. The molecule has 2 aromatic carbocycles. The Morgan fingerprint density at radius 2 is 1.42 bits per heavy atom. The molecule has 0 bridgehead atoms. The van der Waals surface area contributed by atoms with Crippen molar-refractivity contribution in [3.63, 3.8) is 0 Å². The molecule has 0 spiro atoms. The lowest BCUT2D eigenvalue weighted by Crippen LogP contribution is -2.02. The minimum Gasteiger partial charge on any atom is -0.478 e. The SMILES string of the molecule is O=C(O)c1cc(F)c(-c2cc(F)cc(F)c2)cc1F. The molecular formula is C13H6F4O2. The summed E-state index contributed by atoms with van der Waals surface area (Å²) in [6.45, 7) is 0. The minimum absolute atomic E-state index is 0.217. The first kappa shape index (κ1) is 13.1. The van der Waals surface area contributed by atoms with Crippen molar-refractivity contribution in [2.24, 2.45) is 0 Å². The van der Waals surface area contributed by atoms with Crippen LogP contribution in [-0.2, 0) is 0 Å². The Bertz CT molecular complexity index is 648. The molecule has 2 aromatic rings. The Balaban J connectivity index is 2.63. The second-order valence-corrected chi connectivity index (χ2v) is 3.78. The van der Waals surface area contributed by atoms with E-state index in [4.69, 9.17) is 5.11 Å². The zero-order valence-electron chi connectivity index (χ0n) is 9.25. The lowest BCUT2D eigenvalue weighted by molar-refractivity contribution is 0.0691. The van der Waals surface area contributed by atoms with Crippen molar-refractivity contribution >= 4 is 5.97 Å². The van der Waals surface area contributed by atoms with Crippen LogP contribution in [0.2, 0.25) is 0 Å². The molecule has 2 nitrogen and oxygen atoms in total. The summed E-state index contributed by atoms with van der Waals surface area (Å²) in [5.41, 5.74) is -1.48. The number of rotatable bonds is 2. The van der Waals surface area contributed by atoms with Gasteiger partial charge >= 0.3 is 5.97 Å². The Kier molecular flexibility index (Phi) is 3.25. The maximum atomic E-state index is 13.7. The van der Waals surface area contributed by atoms with E-state index in [1.165, 1.54) is 0 Å². The fourth-order valence-electron chi connectivity index (χ4n) is 1.64. The predicted molar refractivity (Wildman–Crippen MR) is 58.7 cm³/mol. The number of carboxylic acid groups (broad SMARTS) is 1. The maximum Gasteiger partial charge on any atom is 0.338 e. The van der Waals surface area contributed by atoms with E-state index in [1.54, 1.807) is 0 Å². The fraction of sp³-hybridized carbons (Fsp3) is 0. The molecule has 0 radical (unpaired) electrons. The minimum atomic E-state index is -1.63. The highest BCUT2D eigenvalue weighted by atomic mass is 19.1. The van der Waals surface area contributed by atoms with Crippen molar-refractivity contribution in [1.29, 1.82) is 0 Å². The summed E-state index contributed by atoms with van der Waals surface area (Å²) in [5.74, 6) is -5.79. The van der Waals surface area contributed by atoms with Crippen LogP contribution in [0, 0.1) is 23.3 Å². The van der Waals surface area contributed by atoms with Gasteiger partial charge in [0, 0.05) is 11.6 Å². The van der Waals surface area contributed by atoms with Gasteiger partial charge < -0.3 is 5.11 Å². The number of benzene rings is 2. The lowest BCUT2D eigenvalue weighted by Gasteiger charge is -2.06. The van der Waals surface area contributed by atoms with Crippen LogP contribution in [0.25, 0.3) is 11.1 Å². The van der Waals surface area contributed by atoms with Gasteiger partial charge in [0.15, 0.2) is 0 Å². The molecule has 0 saturated heterocycles. The van der Waals surface area contributed by atoms with Gasteiger partial charge in [0.2, 0.25) is 0 Å². The first-order valence-corrected chi connectivity index (χ1v) is 5.07. The number of aromatic carboxylic acids is 1. The molecule has 0 aliphatic heterocycles. The van der Waals surface area contributed by atoms with E-state index in [0.29, 0.717) is 18.2 Å². The molecule has 0 aliphatic rings. The number of carbonyl (C=O) groups is 1. The molecule has 0 amide bonds. The van der Waals surface area contributed by atoms with Gasteiger partial charge in [-0.15, -0.1) is 0 Å². The predicted octanol–water partition coefficient (Wildman–Crippen LogP) is 3.61. The van der Waals surface area contributed by atoms with Crippen molar-refractivity contribution < 1.29 is 27.5 Å². The summed E-state index contributed by atoms with van der Waals surface area (Å²) < 4.78 is 53.1. The van der Waals surface area contributed by atoms with Gasteiger partial charge in [-0.2, -0.15) is 0 Å². The van der Waals surface area contributed by atoms with E-state index >= 15 is 0 Å². The molecule has 0 saturated carbocycles. The van der Waals surface area contributed by atoms with Crippen molar-refractivity contribution in [3.05, 3.63) is 59.2 Å². The summed E-state index contributed by atoms with van der Waals surface area (Å²) in [4.78, 5) is 10.6. The molecule has 0 atom stereocenters. The molecule has 1 N–H and O–H groups in total. The van der Waals surface area contributed by atoms with Crippen LogP contribution in [-0.4, -0.2) is 11.1 Å². The highest BCUT2D eigenvalue weighted by Crippen LogP contribution is 2.27. The van der Waals surface area contributed by atoms with Crippen LogP contribution < -0.4 is 0 Å².